The fraction of sp³-hybridized carbons (Fsp3) is 0.333. The van der Waals surface area contributed by atoms with E-state index in [1.54, 1.807) is 11.0 Å². The topological polar surface area (TPSA) is 58.4 Å². The summed E-state index contributed by atoms with van der Waals surface area (Å²) in [5, 5.41) is 7.29. The van der Waals surface area contributed by atoms with Crippen molar-refractivity contribution in [2.24, 2.45) is 0 Å². The third kappa shape index (κ3) is 3.43. The molecule has 0 saturated carbocycles. The normalized spacial score (nSPS) is 18.1. The van der Waals surface area contributed by atoms with Crippen molar-refractivity contribution in [3.8, 4) is 11.3 Å². The smallest absolute Gasteiger partial charge is 0.292 e. The fourth-order valence-corrected chi connectivity index (χ4v) is 2.39. The molecule has 1 atom stereocenters. The molecule has 5 nitrogen and oxygen atoms in total. The minimum Gasteiger partial charge on any atom is -0.350 e. The first-order valence-corrected chi connectivity index (χ1v) is 6.79. The number of carbonyl (C=O) groups excluding carboxylic acids is 1. The van der Waals surface area contributed by atoms with Gasteiger partial charge in [-0.3, -0.25) is 4.79 Å². The van der Waals surface area contributed by atoms with Crippen LogP contribution in [0.1, 0.15) is 17.5 Å². The van der Waals surface area contributed by atoms with Crippen LogP contribution in [-0.2, 0) is 0 Å². The molecule has 0 aliphatic carbocycles. The lowest BCUT2D eigenvalue weighted by molar-refractivity contribution is 0.0667. The number of carbonyl (C=O) groups is 1. The molecule has 112 valence electrons. The summed E-state index contributed by atoms with van der Waals surface area (Å²) in [5.41, 5.74) is 1.64. The van der Waals surface area contributed by atoms with Crippen LogP contribution in [0.2, 0.25) is 0 Å². The third-order valence-corrected chi connectivity index (χ3v) is 3.45. The van der Waals surface area contributed by atoms with E-state index in [4.69, 9.17) is 4.52 Å². The van der Waals surface area contributed by atoms with Crippen molar-refractivity contribution < 1.29 is 9.32 Å². The minimum atomic E-state index is -0.0898. The maximum Gasteiger partial charge on any atom is 0.292 e. The second-order valence-corrected chi connectivity index (χ2v) is 5.05. The monoisotopic (exact) mass is 307 g/mol. The SMILES string of the molecule is CC1CN(C(=O)c2cc(-c3ccccc3)no2)CCN1.Cl. The molecule has 1 aromatic carbocycles. The third-order valence-electron chi connectivity index (χ3n) is 3.45. The Labute approximate surface area is 129 Å². The molecule has 21 heavy (non-hydrogen) atoms. The number of hydrogen-bond acceptors (Lipinski definition) is 4. The molecule has 1 saturated heterocycles. The second kappa shape index (κ2) is 6.74. The molecular weight excluding hydrogens is 290 g/mol. The Bertz CT molecular complexity index is 600. The van der Waals surface area contributed by atoms with E-state index in [1.807, 2.05) is 30.3 Å². The van der Waals surface area contributed by atoms with Crippen LogP contribution in [0.3, 0.4) is 0 Å². The van der Waals surface area contributed by atoms with Crippen LogP contribution >= 0.6 is 12.4 Å². The van der Waals surface area contributed by atoms with Gasteiger partial charge in [0.15, 0.2) is 0 Å². The maximum atomic E-state index is 12.4. The quantitative estimate of drug-likeness (QED) is 0.924. The van der Waals surface area contributed by atoms with Crippen molar-refractivity contribution in [3.05, 3.63) is 42.2 Å². The zero-order valence-electron chi connectivity index (χ0n) is 11.8. The number of amides is 1. The number of hydrogen-bond donors (Lipinski definition) is 1. The summed E-state index contributed by atoms with van der Waals surface area (Å²) in [7, 11) is 0. The van der Waals surface area contributed by atoms with Gasteiger partial charge < -0.3 is 14.7 Å². The minimum absolute atomic E-state index is 0. The first kappa shape index (κ1) is 15.5. The fourth-order valence-electron chi connectivity index (χ4n) is 2.39. The highest BCUT2D eigenvalue weighted by molar-refractivity contribution is 5.92. The summed E-state index contributed by atoms with van der Waals surface area (Å²) >= 11 is 0. The van der Waals surface area contributed by atoms with Crippen molar-refractivity contribution in [2.45, 2.75) is 13.0 Å². The Morgan fingerprint density at radius 3 is 2.86 bits per heavy atom. The average Bonchev–Trinajstić information content (AvgIpc) is 2.97. The van der Waals surface area contributed by atoms with Crippen molar-refractivity contribution in [1.29, 1.82) is 0 Å². The van der Waals surface area contributed by atoms with Gasteiger partial charge in [0.25, 0.3) is 5.91 Å². The largest absolute Gasteiger partial charge is 0.350 e. The summed E-state index contributed by atoms with van der Waals surface area (Å²) in [6.07, 6.45) is 0. The molecule has 2 heterocycles. The van der Waals surface area contributed by atoms with E-state index in [0.29, 0.717) is 30.6 Å². The van der Waals surface area contributed by atoms with E-state index >= 15 is 0 Å². The second-order valence-electron chi connectivity index (χ2n) is 5.05. The van der Waals surface area contributed by atoms with Gasteiger partial charge in [0, 0.05) is 37.3 Å². The molecule has 1 N–H and O–H groups in total. The summed E-state index contributed by atoms with van der Waals surface area (Å²) in [6.45, 7) is 4.27. The molecule has 0 radical (unpaired) electrons. The highest BCUT2D eigenvalue weighted by Crippen LogP contribution is 2.19. The number of piperazine rings is 1. The zero-order valence-corrected chi connectivity index (χ0v) is 12.6. The number of aromatic nitrogens is 1. The number of nitrogens with zero attached hydrogens (tertiary/aromatic N) is 2. The Morgan fingerprint density at radius 2 is 2.14 bits per heavy atom. The molecular formula is C15H18ClN3O2. The molecule has 6 heteroatoms. The molecule has 1 aliphatic rings. The van der Waals surface area contributed by atoms with Crippen LogP contribution in [0.15, 0.2) is 40.9 Å². The van der Waals surface area contributed by atoms with Crippen molar-refractivity contribution >= 4 is 18.3 Å². The van der Waals surface area contributed by atoms with Gasteiger partial charge in [-0.15, -0.1) is 12.4 Å². The van der Waals surface area contributed by atoms with Gasteiger partial charge in [0.05, 0.1) is 0 Å². The van der Waals surface area contributed by atoms with E-state index in [-0.39, 0.29) is 18.3 Å². The molecule has 2 aromatic rings. The first-order valence-electron chi connectivity index (χ1n) is 6.79. The van der Waals surface area contributed by atoms with E-state index in [1.165, 1.54) is 0 Å². The lowest BCUT2D eigenvalue weighted by Gasteiger charge is -2.31. The van der Waals surface area contributed by atoms with Gasteiger partial charge in [-0.25, -0.2) is 0 Å². The summed E-state index contributed by atoms with van der Waals surface area (Å²) in [5.74, 6) is 0.214. The summed E-state index contributed by atoms with van der Waals surface area (Å²) in [6, 6.07) is 11.7. The molecule has 3 rings (SSSR count). The van der Waals surface area contributed by atoms with Gasteiger partial charge in [0.2, 0.25) is 5.76 Å². The van der Waals surface area contributed by atoms with E-state index in [0.717, 1.165) is 12.1 Å². The average molecular weight is 308 g/mol. The van der Waals surface area contributed by atoms with Gasteiger partial charge in [0.1, 0.15) is 5.69 Å². The molecule has 1 fully saturated rings. The Hall–Kier alpha value is -1.85. The summed E-state index contributed by atoms with van der Waals surface area (Å²) < 4.78 is 5.21. The predicted octanol–water partition coefficient (Wildman–Crippen LogP) is 2.20. The highest BCUT2D eigenvalue weighted by Gasteiger charge is 2.24. The number of rotatable bonds is 2. The van der Waals surface area contributed by atoms with Gasteiger partial charge >= 0.3 is 0 Å². The van der Waals surface area contributed by atoms with Crippen LogP contribution in [0.4, 0.5) is 0 Å². The summed E-state index contributed by atoms with van der Waals surface area (Å²) in [4.78, 5) is 14.2. The van der Waals surface area contributed by atoms with Crippen molar-refractivity contribution in [2.75, 3.05) is 19.6 Å². The van der Waals surface area contributed by atoms with E-state index in [9.17, 15) is 4.79 Å². The van der Waals surface area contributed by atoms with Crippen LogP contribution < -0.4 is 5.32 Å². The molecule has 1 aromatic heterocycles. The molecule has 0 spiro atoms. The van der Waals surface area contributed by atoms with E-state index in [2.05, 4.69) is 17.4 Å². The Balaban J connectivity index is 0.00000161. The van der Waals surface area contributed by atoms with Crippen LogP contribution in [0, 0.1) is 0 Å². The van der Waals surface area contributed by atoms with Crippen LogP contribution in [0.5, 0.6) is 0 Å². The Morgan fingerprint density at radius 1 is 1.38 bits per heavy atom. The van der Waals surface area contributed by atoms with Crippen molar-refractivity contribution in [3.63, 3.8) is 0 Å². The Kier molecular flexibility index (Phi) is 4.98. The predicted molar refractivity (Wildman–Crippen MR) is 82.6 cm³/mol. The standard InChI is InChI=1S/C15H17N3O2.ClH/c1-11-10-18(8-7-16-11)15(19)14-9-13(17-20-14)12-5-3-2-4-6-12;/h2-6,9,11,16H,7-8,10H2,1H3;1H. The lowest BCUT2D eigenvalue weighted by atomic mass is 10.1. The van der Waals surface area contributed by atoms with Gasteiger partial charge in [-0.05, 0) is 6.92 Å². The van der Waals surface area contributed by atoms with E-state index < -0.39 is 0 Å². The first-order chi connectivity index (χ1) is 9.74. The van der Waals surface area contributed by atoms with Gasteiger partial charge in [-0.2, -0.15) is 0 Å². The molecule has 0 bridgehead atoms. The number of halogens is 1. The maximum absolute atomic E-state index is 12.4. The zero-order chi connectivity index (χ0) is 13.9. The lowest BCUT2D eigenvalue weighted by Crippen LogP contribution is -2.51. The number of nitrogens with one attached hydrogen (secondary N) is 1. The molecule has 1 amide bonds. The number of benzene rings is 1. The van der Waals surface area contributed by atoms with Crippen LogP contribution in [-0.4, -0.2) is 41.6 Å². The van der Waals surface area contributed by atoms with Crippen molar-refractivity contribution in [1.82, 2.24) is 15.4 Å². The molecule has 1 unspecified atom stereocenters. The molecule has 1 aliphatic heterocycles. The highest BCUT2D eigenvalue weighted by atomic mass is 35.5. The van der Waals surface area contributed by atoms with Gasteiger partial charge in [-0.1, -0.05) is 35.5 Å². The van der Waals surface area contributed by atoms with Crippen LogP contribution in [0.25, 0.3) is 11.3 Å².